The zero-order valence-electron chi connectivity index (χ0n) is 16.9. The van der Waals surface area contributed by atoms with Gasteiger partial charge in [0.1, 0.15) is 5.75 Å². The Hall–Kier alpha value is -1.77. The van der Waals surface area contributed by atoms with Crippen molar-refractivity contribution < 1.29 is 14.6 Å². The number of ketones is 1. The molecule has 0 aliphatic carbocycles. The highest BCUT2D eigenvalue weighted by Gasteiger charge is 2.27. The molecule has 1 aromatic carbocycles. The van der Waals surface area contributed by atoms with E-state index in [-0.39, 0.29) is 22.4 Å². The fourth-order valence-corrected chi connectivity index (χ4v) is 3.24. The van der Waals surface area contributed by atoms with Crippen LogP contribution in [0.5, 0.6) is 5.75 Å². The molecule has 0 N–H and O–H groups in total. The van der Waals surface area contributed by atoms with Gasteiger partial charge in [-0.05, 0) is 67.2 Å². The molecule has 0 radical (unpaired) electrons. The van der Waals surface area contributed by atoms with Crippen LogP contribution in [0.1, 0.15) is 73.3 Å². The molecule has 0 saturated carbocycles. The van der Waals surface area contributed by atoms with Crippen LogP contribution in [0.4, 0.5) is 0 Å². The standard InChI is InChI=1S/C22H34O3/c1-16(17(2)23)20(24)9-8-14-25-19-12-10-18(11-13-19)22(6,7)15-21(3,4)5/h10-13,24H,8-9,14-15H2,1-7H3/p-1/b20-16-. The number of carbonyl (C=O) groups excluding carboxylic acids is 1. The third-order valence-electron chi connectivity index (χ3n) is 4.37. The lowest BCUT2D eigenvalue weighted by Gasteiger charge is -2.33. The van der Waals surface area contributed by atoms with Crippen molar-refractivity contribution in [3.63, 3.8) is 0 Å². The molecule has 1 aromatic rings. The van der Waals surface area contributed by atoms with Gasteiger partial charge in [-0.15, -0.1) is 5.76 Å². The first-order valence-electron chi connectivity index (χ1n) is 9.03. The molecule has 0 saturated heterocycles. The lowest BCUT2D eigenvalue weighted by Crippen LogP contribution is -2.24. The largest absolute Gasteiger partial charge is 0.875 e. The fourth-order valence-electron chi connectivity index (χ4n) is 3.24. The van der Waals surface area contributed by atoms with Crippen molar-refractivity contribution in [3.05, 3.63) is 41.2 Å². The number of allylic oxidation sites excluding steroid dienone is 2. The van der Waals surface area contributed by atoms with Gasteiger partial charge in [0.25, 0.3) is 0 Å². The maximum atomic E-state index is 11.8. The first-order chi connectivity index (χ1) is 11.4. The second kappa shape index (κ2) is 8.55. The first-order valence-corrected chi connectivity index (χ1v) is 9.03. The molecule has 0 bridgehead atoms. The van der Waals surface area contributed by atoms with E-state index in [1.54, 1.807) is 6.92 Å². The van der Waals surface area contributed by atoms with Gasteiger partial charge in [0.05, 0.1) is 6.61 Å². The normalized spacial score (nSPS) is 13.4. The number of carbonyl (C=O) groups is 1. The van der Waals surface area contributed by atoms with Gasteiger partial charge in [0.15, 0.2) is 5.78 Å². The van der Waals surface area contributed by atoms with Gasteiger partial charge in [-0.25, -0.2) is 0 Å². The Labute approximate surface area is 153 Å². The van der Waals surface area contributed by atoms with E-state index in [9.17, 15) is 9.90 Å². The van der Waals surface area contributed by atoms with Crippen LogP contribution in [0.2, 0.25) is 0 Å². The van der Waals surface area contributed by atoms with E-state index in [1.807, 2.05) is 12.1 Å². The Balaban J connectivity index is 2.55. The zero-order valence-corrected chi connectivity index (χ0v) is 16.9. The Kier molecular flexibility index (Phi) is 7.28. The van der Waals surface area contributed by atoms with E-state index < -0.39 is 0 Å². The number of hydrogen-bond donors (Lipinski definition) is 0. The van der Waals surface area contributed by atoms with E-state index in [4.69, 9.17) is 4.74 Å². The summed E-state index contributed by atoms with van der Waals surface area (Å²) in [6, 6.07) is 8.24. The summed E-state index contributed by atoms with van der Waals surface area (Å²) in [7, 11) is 0. The number of ether oxygens (including phenoxy) is 1. The zero-order chi connectivity index (χ0) is 19.3. The van der Waals surface area contributed by atoms with E-state index >= 15 is 0 Å². The second-order valence-electron chi connectivity index (χ2n) is 8.70. The highest BCUT2D eigenvalue weighted by molar-refractivity contribution is 5.92. The molecule has 0 spiro atoms. The van der Waals surface area contributed by atoms with Crippen LogP contribution < -0.4 is 9.84 Å². The summed E-state index contributed by atoms with van der Waals surface area (Å²) in [6.45, 7) is 14.8. The van der Waals surface area contributed by atoms with Gasteiger partial charge in [-0.2, -0.15) is 0 Å². The topological polar surface area (TPSA) is 49.4 Å². The number of hydrogen-bond acceptors (Lipinski definition) is 3. The van der Waals surface area contributed by atoms with Crippen molar-refractivity contribution >= 4 is 5.78 Å². The second-order valence-corrected chi connectivity index (χ2v) is 8.70. The summed E-state index contributed by atoms with van der Waals surface area (Å²) in [4.78, 5) is 11.1. The molecule has 1 rings (SSSR count). The molecule has 0 aliphatic heterocycles. The molecule has 0 fully saturated rings. The predicted octanol–water partition coefficient (Wildman–Crippen LogP) is 4.78. The summed E-state index contributed by atoms with van der Waals surface area (Å²) >= 11 is 0. The van der Waals surface area contributed by atoms with Gasteiger partial charge in [-0.1, -0.05) is 46.8 Å². The minimum Gasteiger partial charge on any atom is -0.875 e. The van der Waals surface area contributed by atoms with Gasteiger partial charge >= 0.3 is 0 Å². The fraction of sp³-hybridized carbons (Fsp3) is 0.591. The number of benzene rings is 1. The summed E-state index contributed by atoms with van der Waals surface area (Å²) in [6.07, 6.45) is 2.07. The highest BCUT2D eigenvalue weighted by atomic mass is 16.5. The molecular weight excluding hydrogens is 312 g/mol. The van der Waals surface area contributed by atoms with Crippen LogP contribution in [-0.4, -0.2) is 12.4 Å². The highest BCUT2D eigenvalue weighted by Crippen LogP contribution is 2.36. The average molecular weight is 346 g/mol. The van der Waals surface area contributed by atoms with Crippen molar-refractivity contribution in [1.29, 1.82) is 0 Å². The quantitative estimate of drug-likeness (QED) is 0.387. The number of Topliss-reactive ketones (excluding diaryl/α,β-unsaturated/α-hetero) is 1. The Bertz CT molecular complexity index is 601. The number of rotatable bonds is 8. The van der Waals surface area contributed by atoms with Crippen LogP contribution in [-0.2, 0) is 10.2 Å². The molecular formula is C22H33O3-. The molecule has 0 aromatic heterocycles. The molecule has 0 heterocycles. The van der Waals surface area contributed by atoms with Crippen molar-refractivity contribution in [3.8, 4) is 5.75 Å². The molecule has 140 valence electrons. The van der Waals surface area contributed by atoms with Gasteiger partial charge in [0, 0.05) is 0 Å². The molecule has 3 nitrogen and oxygen atoms in total. The van der Waals surface area contributed by atoms with Crippen LogP contribution in [0, 0.1) is 5.41 Å². The van der Waals surface area contributed by atoms with Crippen molar-refractivity contribution in [2.45, 2.75) is 73.1 Å². The van der Waals surface area contributed by atoms with E-state index in [2.05, 4.69) is 46.8 Å². The minimum atomic E-state index is -0.153. The summed E-state index contributed by atoms with van der Waals surface area (Å²) in [5.74, 6) is 0.574. The molecule has 0 aliphatic rings. The molecule has 0 unspecified atom stereocenters. The Morgan fingerprint density at radius 3 is 2.08 bits per heavy atom. The smallest absolute Gasteiger partial charge is 0.154 e. The lowest BCUT2D eigenvalue weighted by molar-refractivity contribution is -0.308. The molecule has 3 heteroatoms. The van der Waals surface area contributed by atoms with Crippen molar-refractivity contribution in [2.24, 2.45) is 5.41 Å². The van der Waals surface area contributed by atoms with Crippen LogP contribution >= 0.6 is 0 Å². The maximum absolute atomic E-state index is 11.8. The first kappa shape index (κ1) is 21.3. The van der Waals surface area contributed by atoms with Gasteiger partial charge < -0.3 is 9.84 Å². The van der Waals surface area contributed by atoms with Crippen LogP contribution in [0.25, 0.3) is 0 Å². The molecule has 25 heavy (non-hydrogen) atoms. The predicted molar refractivity (Wildman–Crippen MR) is 102 cm³/mol. The third kappa shape index (κ3) is 7.33. The SMILES string of the molecule is CC(=O)/C(C)=C(\[O-])CCCOc1ccc(C(C)(C)CC(C)(C)C)cc1. The van der Waals surface area contributed by atoms with Crippen molar-refractivity contribution in [2.75, 3.05) is 6.61 Å². The third-order valence-corrected chi connectivity index (χ3v) is 4.37. The Morgan fingerprint density at radius 1 is 1.04 bits per heavy atom. The van der Waals surface area contributed by atoms with Gasteiger partial charge in [-0.3, -0.25) is 4.79 Å². The molecule has 0 atom stereocenters. The van der Waals surface area contributed by atoms with Gasteiger partial charge in [0.2, 0.25) is 0 Å². The summed E-state index contributed by atoms with van der Waals surface area (Å²) in [5, 5.41) is 11.8. The van der Waals surface area contributed by atoms with Crippen molar-refractivity contribution in [1.82, 2.24) is 0 Å². The van der Waals surface area contributed by atoms with E-state index in [0.29, 0.717) is 25.0 Å². The summed E-state index contributed by atoms with van der Waals surface area (Å²) in [5.41, 5.74) is 2.02. The lowest BCUT2D eigenvalue weighted by atomic mass is 9.72. The Morgan fingerprint density at radius 2 is 1.60 bits per heavy atom. The maximum Gasteiger partial charge on any atom is 0.154 e. The van der Waals surface area contributed by atoms with E-state index in [0.717, 1.165) is 12.2 Å². The van der Waals surface area contributed by atoms with E-state index in [1.165, 1.54) is 12.5 Å². The monoisotopic (exact) mass is 345 g/mol. The summed E-state index contributed by atoms with van der Waals surface area (Å²) < 4.78 is 5.72. The molecule has 0 amide bonds. The van der Waals surface area contributed by atoms with Crippen LogP contribution in [0.3, 0.4) is 0 Å². The average Bonchev–Trinajstić information content (AvgIpc) is 2.48. The minimum absolute atomic E-state index is 0.0876. The van der Waals surface area contributed by atoms with Crippen LogP contribution in [0.15, 0.2) is 35.6 Å².